The first-order valence-corrected chi connectivity index (χ1v) is 7.51. The van der Waals surface area contributed by atoms with Crippen molar-refractivity contribution in [3.05, 3.63) is 23.8 Å². The Balaban J connectivity index is 1.88. The van der Waals surface area contributed by atoms with E-state index in [1.54, 1.807) is 14.2 Å². The van der Waals surface area contributed by atoms with E-state index in [9.17, 15) is 0 Å². The fraction of sp³-hybridized carbons (Fsp3) is 0.647. The van der Waals surface area contributed by atoms with Gasteiger partial charge in [0.05, 0.1) is 14.2 Å². The molecule has 0 bridgehead atoms. The Hall–Kier alpha value is -1.22. The summed E-state index contributed by atoms with van der Waals surface area (Å²) in [5.41, 5.74) is 1.73. The summed E-state index contributed by atoms with van der Waals surface area (Å²) >= 11 is 0. The highest BCUT2D eigenvalue weighted by Crippen LogP contribution is 2.37. The number of ether oxygens (including phenoxy) is 2. The Kier molecular flexibility index (Phi) is 4.92. The monoisotopic (exact) mass is 277 g/mol. The summed E-state index contributed by atoms with van der Waals surface area (Å²) in [5.74, 6) is 1.60. The maximum Gasteiger partial charge on any atom is 0.160 e. The molecule has 112 valence electrons. The molecule has 20 heavy (non-hydrogen) atoms. The highest BCUT2D eigenvalue weighted by atomic mass is 16.5. The quantitative estimate of drug-likeness (QED) is 0.864. The second-order valence-electron chi connectivity index (χ2n) is 6.33. The first-order valence-electron chi connectivity index (χ1n) is 7.51. The third-order valence-corrected chi connectivity index (χ3v) is 4.51. The Morgan fingerprint density at radius 3 is 2.55 bits per heavy atom. The normalized spacial score (nSPS) is 20.9. The maximum absolute atomic E-state index is 5.34. The molecule has 1 fully saturated rings. The fourth-order valence-corrected chi connectivity index (χ4v) is 3.13. The van der Waals surface area contributed by atoms with Crippen molar-refractivity contribution in [2.75, 3.05) is 20.8 Å². The smallest absolute Gasteiger partial charge is 0.160 e. The van der Waals surface area contributed by atoms with Gasteiger partial charge in [-0.1, -0.05) is 26.3 Å². The van der Waals surface area contributed by atoms with E-state index in [1.165, 1.54) is 24.8 Å². The van der Waals surface area contributed by atoms with Crippen LogP contribution in [0.25, 0.3) is 0 Å². The summed E-state index contributed by atoms with van der Waals surface area (Å²) in [6, 6.07) is 6.82. The van der Waals surface area contributed by atoms with Gasteiger partial charge in [-0.25, -0.2) is 0 Å². The number of benzene rings is 1. The average molecular weight is 277 g/mol. The van der Waals surface area contributed by atoms with Crippen molar-refractivity contribution in [2.45, 2.75) is 45.6 Å². The minimum absolute atomic E-state index is 0.442. The van der Waals surface area contributed by atoms with Gasteiger partial charge >= 0.3 is 0 Å². The molecule has 3 heteroatoms. The highest BCUT2D eigenvalue weighted by molar-refractivity contribution is 5.42. The zero-order valence-corrected chi connectivity index (χ0v) is 13.2. The van der Waals surface area contributed by atoms with E-state index in [-0.39, 0.29) is 0 Å². The summed E-state index contributed by atoms with van der Waals surface area (Å²) in [7, 11) is 3.35. The van der Waals surface area contributed by atoms with Crippen LogP contribution in [0.5, 0.6) is 11.5 Å². The summed E-state index contributed by atoms with van der Waals surface area (Å²) < 4.78 is 10.6. The minimum Gasteiger partial charge on any atom is -0.493 e. The van der Waals surface area contributed by atoms with Crippen LogP contribution in [-0.2, 0) is 6.42 Å². The maximum atomic E-state index is 5.34. The molecule has 1 aromatic carbocycles. The van der Waals surface area contributed by atoms with Gasteiger partial charge in [-0.15, -0.1) is 0 Å². The zero-order chi connectivity index (χ0) is 14.6. The molecule has 1 atom stereocenters. The molecular formula is C17H27NO2. The second-order valence-corrected chi connectivity index (χ2v) is 6.33. The van der Waals surface area contributed by atoms with Crippen molar-refractivity contribution in [1.82, 2.24) is 5.32 Å². The van der Waals surface area contributed by atoms with Crippen LogP contribution >= 0.6 is 0 Å². The third-order valence-electron chi connectivity index (χ3n) is 4.51. The fourth-order valence-electron chi connectivity index (χ4n) is 3.13. The molecular weight excluding hydrogens is 250 g/mol. The summed E-state index contributed by atoms with van der Waals surface area (Å²) in [5, 5.41) is 3.71. The van der Waals surface area contributed by atoms with E-state index in [2.05, 4.69) is 31.3 Å². The number of rotatable bonds is 6. The molecule has 1 aliphatic carbocycles. The molecule has 2 rings (SSSR count). The van der Waals surface area contributed by atoms with Crippen LogP contribution in [0.15, 0.2) is 18.2 Å². The second kappa shape index (κ2) is 6.49. The minimum atomic E-state index is 0.442. The van der Waals surface area contributed by atoms with Crippen LogP contribution in [0, 0.1) is 5.41 Å². The van der Waals surface area contributed by atoms with Crippen molar-refractivity contribution in [1.29, 1.82) is 0 Å². The number of nitrogens with one attached hydrogen (secondary N) is 1. The van der Waals surface area contributed by atoms with Crippen molar-refractivity contribution in [3.63, 3.8) is 0 Å². The predicted octanol–water partition coefficient (Wildman–Crippen LogP) is 3.41. The molecule has 0 spiro atoms. The Labute approximate surface area is 122 Å². The topological polar surface area (TPSA) is 30.5 Å². The number of methoxy groups -OCH3 is 2. The van der Waals surface area contributed by atoms with Crippen molar-refractivity contribution < 1.29 is 9.47 Å². The van der Waals surface area contributed by atoms with E-state index >= 15 is 0 Å². The molecule has 1 aliphatic rings. The first-order chi connectivity index (χ1) is 9.56. The van der Waals surface area contributed by atoms with Gasteiger partial charge in [0.1, 0.15) is 0 Å². The van der Waals surface area contributed by atoms with E-state index in [0.717, 1.165) is 24.5 Å². The van der Waals surface area contributed by atoms with Gasteiger partial charge < -0.3 is 14.8 Å². The largest absolute Gasteiger partial charge is 0.493 e. The van der Waals surface area contributed by atoms with Crippen molar-refractivity contribution >= 4 is 0 Å². The summed E-state index contributed by atoms with van der Waals surface area (Å²) in [6.07, 6.45) is 5.01. The van der Waals surface area contributed by atoms with Gasteiger partial charge in [0.25, 0.3) is 0 Å². The van der Waals surface area contributed by atoms with E-state index in [1.807, 2.05) is 6.07 Å². The molecule has 0 amide bonds. The molecule has 3 nitrogen and oxygen atoms in total. The van der Waals surface area contributed by atoms with Crippen LogP contribution in [-0.4, -0.2) is 26.8 Å². The lowest BCUT2D eigenvalue weighted by Gasteiger charge is -2.28. The van der Waals surface area contributed by atoms with Crippen molar-refractivity contribution in [3.8, 4) is 11.5 Å². The first kappa shape index (κ1) is 15.2. The van der Waals surface area contributed by atoms with Crippen LogP contribution < -0.4 is 14.8 Å². The molecule has 0 heterocycles. The summed E-state index contributed by atoms with van der Waals surface area (Å²) in [4.78, 5) is 0. The van der Waals surface area contributed by atoms with Crippen LogP contribution in [0.2, 0.25) is 0 Å². The van der Waals surface area contributed by atoms with Crippen molar-refractivity contribution in [2.24, 2.45) is 5.41 Å². The van der Waals surface area contributed by atoms with Gasteiger partial charge in [-0.05, 0) is 48.9 Å². The average Bonchev–Trinajstić information content (AvgIpc) is 2.78. The van der Waals surface area contributed by atoms with Gasteiger partial charge in [0.2, 0.25) is 0 Å². The molecule has 0 saturated heterocycles. The zero-order valence-electron chi connectivity index (χ0n) is 13.2. The number of hydrogen-bond acceptors (Lipinski definition) is 3. The molecule has 1 saturated carbocycles. The Morgan fingerprint density at radius 2 is 1.95 bits per heavy atom. The lowest BCUT2D eigenvalue weighted by atomic mass is 9.87. The van der Waals surface area contributed by atoms with Gasteiger partial charge in [-0.2, -0.15) is 0 Å². The highest BCUT2D eigenvalue weighted by Gasteiger charge is 2.33. The van der Waals surface area contributed by atoms with Gasteiger partial charge in [0.15, 0.2) is 11.5 Å². The lowest BCUT2D eigenvalue weighted by molar-refractivity contribution is 0.285. The SMILES string of the molecule is COc1ccc(CCNC2CCCC2(C)C)cc1OC. The molecule has 1 N–H and O–H groups in total. The van der Waals surface area contributed by atoms with Gasteiger partial charge in [0, 0.05) is 6.04 Å². The Morgan fingerprint density at radius 1 is 1.20 bits per heavy atom. The van der Waals surface area contributed by atoms with E-state index in [4.69, 9.17) is 9.47 Å². The number of hydrogen-bond donors (Lipinski definition) is 1. The summed E-state index contributed by atoms with van der Waals surface area (Å²) in [6.45, 7) is 5.76. The predicted molar refractivity (Wildman–Crippen MR) is 82.7 cm³/mol. The molecule has 0 aromatic heterocycles. The molecule has 1 aromatic rings. The van der Waals surface area contributed by atoms with E-state index in [0.29, 0.717) is 11.5 Å². The third kappa shape index (κ3) is 3.45. The van der Waals surface area contributed by atoms with Crippen LogP contribution in [0.4, 0.5) is 0 Å². The lowest BCUT2D eigenvalue weighted by Crippen LogP contribution is -2.38. The van der Waals surface area contributed by atoms with Crippen LogP contribution in [0.1, 0.15) is 38.7 Å². The molecule has 1 unspecified atom stereocenters. The Bertz CT molecular complexity index is 443. The standard InChI is InChI=1S/C17H27NO2/c1-17(2)10-5-6-16(17)18-11-9-13-7-8-14(19-3)15(12-13)20-4/h7-8,12,16,18H,5-6,9-11H2,1-4H3. The van der Waals surface area contributed by atoms with E-state index < -0.39 is 0 Å². The molecule has 0 radical (unpaired) electrons. The van der Waals surface area contributed by atoms with Gasteiger partial charge in [-0.3, -0.25) is 0 Å². The van der Waals surface area contributed by atoms with Crippen LogP contribution in [0.3, 0.4) is 0 Å². The molecule has 0 aliphatic heterocycles.